The van der Waals surface area contributed by atoms with E-state index in [0.29, 0.717) is 78.7 Å². The summed E-state index contributed by atoms with van der Waals surface area (Å²) in [7, 11) is 0. The van der Waals surface area contributed by atoms with Crippen molar-refractivity contribution < 1.29 is 24.2 Å². The monoisotopic (exact) mass is 874 g/mol. The highest BCUT2D eigenvalue weighted by atomic mass is 16.6. The number of hydrogen-bond acceptors (Lipinski definition) is 8. The first kappa shape index (κ1) is 40.0. The Bertz CT molecular complexity index is 2550. The van der Waals surface area contributed by atoms with Crippen LogP contribution in [0.1, 0.15) is 129 Å². The minimum Gasteiger partial charge on any atom is -0.509 e. The molecule has 9 aliphatic heterocycles. The van der Waals surface area contributed by atoms with Crippen LogP contribution in [0.15, 0.2) is 88.6 Å². The molecule has 17 rings (SSSR count). The van der Waals surface area contributed by atoms with Gasteiger partial charge >= 0.3 is 11.9 Å². The van der Waals surface area contributed by atoms with Crippen molar-refractivity contribution in [3.05, 3.63) is 116 Å². The lowest BCUT2D eigenvalue weighted by Crippen LogP contribution is -2.77. The molecule has 65 heavy (non-hydrogen) atoms. The third kappa shape index (κ3) is 5.02. The molecule has 15 aliphatic rings. The first-order valence-corrected chi connectivity index (χ1v) is 26.2. The largest absolute Gasteiger partial charge is 0.509 e. The molecular weight excluding hydrogens is 807 g/mol. The number of aliphatic hydroxyl groups is 1. The molecule has 2 aromatic rings. The first-order valence-electron chi connectivity index (χ1n) is 26.2. The number of benzene rings is 2. The Hall–Kier alpha value is -4.14. The quantitative estimate of drug-likeness (QED) is 0.231. The number of carbonyl (C=O) groups is 2. The van der Waals surface area contributed by atoms with E-state index in [1.54, 1.807) is 5.70 Å². The molecule has 6 aliphatic carbocycles. The van der Waals surface area contributed by atoms with Gasteiger partial charge in [-0.25, -0.2) is 4.79 Å². The maximum atomic E-state index is 16.2. The third-order valence-corrected chi connectivity index (χ3v) is 20.6. The molecule has 15 bridgehead atoms. The highest BCUT2D eigenvalue weighted by molar-refractivity contribution is 6.00. The van der Waals surface area contributed by atoms with Gasteiger partial charge in [-0.3, -0.25) is 9.69 Å². The molecule has 8 heteroatoms. The van der Waals surface area contributed by atoms with E-state index in [2.05, 4.69) is 71.3 Å². The van der Waals surface area contributed by atoms with E-state index in [1.165, 1.54) is 60.0 Å². The zero-order valence-electron chi connectivity index (χ0n) is 38.4. The van der Waals surface area contributed by atoms with Gasteiger partial charge in [0.05, 0.1) is 17.0 Å². The Morgan fingerprint density at radius 3 is 2.62 bits per heavy atom. The minimum absolute atomic E-state index is 0.158. The molecule has 2 saturated carbocycles. The zero-order chi connectivity index (χ0) is 43.6. The van der Waals surface area contributed by atoms with Crippen LogP contribution in [0, 0.1) is 58.2 Å². The van der Waals surface area contributed by atoms with Gasteiger partial charge in [0.1, 0.15) is 11.2 Å². The van der Waals surface area contributed by atoms with Gasteiger partial charge in [0, 0.05) is 55.2 Å². The Balaban J connectivity index is 1.07. The number of ether oxygens (including phenoxy) is 2. The fourth-order valence-corrected chi connectivity index (χ4v) is 18.7. The van der Waals surface area contributed by atoms with E-state index in [9.17, 15) is 9.90 Å². The van der Waals surface area contributed by atoms with E-state index < -0.39 is 16.4 Å². The molecule has 9 heterocycles. The van der Waals surface area contributed by atoms with Gasteiger partial charge < -0.3 is 25.2 Å². The SMILES string of the molecule is C[C@@H]1CC2=C3[C@@H]4C5=C6C[C@H](Cc7cccc(c7)CCCC[C@H]7[C@]68C(=O)O/C(=C(/O)C[C@@H](C6CCCC6)N6C[C@H]9C[C@@H](C6)[C@H](C=C2)N3C9)[C@@]8(CC5)[C@]72OC(=O)c3c(CCCN)cccc32)[C@H]41. The predicted octanol–water partition coefficient (Wildman–Crippen LogP) is 9.63. The number of aliphatic hydroxyl groups excluding tert-OH is 1. The fourth-order valence-electron chi connectivity index (χ4n) is 18.7. The first-order chi connectivity index (χ1) is 31.8. The molecule has 13 atom stereocenters. The summed E-state index contributed by atoms with van der Waals surface area (Å²) in [6, 6.07) is 16.3. The summed E-state index contributed by atoms with van der Waals surface area (Å²) < 4.78 is 14.3. The van der Waals surface area contributed by atoms with Crippen molar-refractivity contribution in [2.45, 2.75) is 134 Å². The van der Waals surface area contributed by atoms with Crippen LogP contribution in [-0.2, 0) is 39.1 Å². The second kappa shape index (κ2) is 14.2. The molecule has 0 aromatic heterocycles. The molecule has 340 valence electrons. The molecule has 3 saturated heterocycles. The summed E-state index contributed by atoms with van der Waals surface area (Å²) in [4.78, 5) is 36.9. The Morgan fingerprint density at radius 2 is 1.74 bits per heavy atom. The van der Waals surface area contributed by atoms with Crippen LogP contribution in [0.25, 0.3) is 0 Å². The van der Waals surface area contributed by atoms with Crippen LogP contribution < -0.4 is 5.73 Å². The topological polar surface area (TPSA) is 105 Å². The number of nitrogens with zero attached hydrogens (tertiary/aromatic N) is 2. The van der Waals surface area contributed by atoms with Crippen molar-refractivity contribution in [2.24, 2.45) is 63.9 Å². The second-order valence-electron chi connectivity index (χ2n) is 23.3. The summed E-state index contributed by atoms with van der Waals surface area (Å²) >= 11 is 0. The smallest absolute Gasteiger partial charge is 0.339 e. The van der Waals surface area contributed by atoms with E-state index in [4.69, 9.17) is 15.2 Å². The van der Waals surface area contributed by atoms with Crippen LogP contribution >= 0.6 is 0 Å². The number of allylic oxidation sites excluding steroid dienone is 3. The molecule has 3 spiro atoms. The van der Waals surface area contributed by atoms with Crippen LogP contribution in [-0.4, -0.2) is 65.1 Å². The minimum atomic E-state index is -1.14. The van der Waals surface area contributed by atoms with Crippen LogP contribution in [0.5, 0.6) is 0 Å². The van der Waals surface area contributed by atoms with Gasteiger partial charge in [0.2, 0.25) is 0 Å². The van der Waals surface area contributed by atoms with Crippen molar-refractivity contribution in [1.82, 2.24) is 9.80 Å². The molecule has 0 radical (unpaired) electrons. The summed E-state index contributed by atoms with van der Waals surface area (Å²) in [5.41, 5.74) is 14.1. The maximum Gasteiger partial charge on any atom is 0.339 e. The fraction of sp³-hybridized carbons (Fsp3) is 0.614. The maximum absolute atomic E-state index is 16.2. The molecule has 8 nitrogen and oxygen atoms in total. The average Bonchev–Trinajstić information content (AvgIpc) is 4.01. The van der Waals surface area contributed by atoms with Gasteiger partial charge in [-0.1, -0.05) is 91.9 Å². The normalized spacial score (nSPS) is 43.0. The summed E-state index contributed by atoms with van der Waals surface area (Å²) in [6.45, 7) is 6.23. The molecule has 0 amide bonds. The van der Waals surface area contributed by atoms with Gasteiger partial charge in [0.15, 0.2) is 11.4 Å². The van der Waals surface area contributed by atoms with E-state index in [-0.39, 0.29) is 35.6 Å². The highest BCUT2D eigenvalue weighted by Crippen LogP contribution is 2.87. The van der Waals surface area contributed by atoms with Gasteiger partial charge in [-0.2, -0.15) is 0 Å². The molecule has 2 aromatic carbocycles. The third-order valence-electron chi connectivity index (χ3n) is 20.6. The van der Waals surface area contributed by atoms with Crippen molar-refractivity contribution >= 4 is 11.9 Å². The molecule has 5 fully saturated rings. The van der Waals surface area contributed by atoms with Crippen molar-refractivity contribution in [2.75, 3.05) is 26.2 Å². The number of nitrogens with two attached hydrogens (primary N) is 1. The standard InChI is InChI=1S/C57H67N3O5/c1-32-23-38-18-19-44-40-26-35-29-59(31-40)45(36-12-3-4-13-36)28-46(61)52-55-21-20-41-43-27-39(48(32)50(41)51(38)60(44)30-35)25-34-11-6-10-33(24-34)9-2-5-17-47(56(43,55)54(63)64-52)57(55)42-16-7-14-37(15-8-22-58)49(42)53(62)65-57/h6-7,10-11,14,16,18-19,24,32,35-36,39-40,44-45,47-48,50,61H,2-5,8-9,12-13,15,17,20-23,25-31,58H2,1H3/b52-46+/t32-,35-,39+,40+,44+,45+,47+,48-,50-,55-,56+,57-/m1/s1. The lowest BCUT2D eigenvalue weighted by Gasteiger charge is -2.72. The van der Waals surface area contributed by atoms with Crippen molar-refractivity contribution in [3.63, 3.8) is 0 Å². The van der Waals surface area contributed by atoms with Gasteiger partial charge in [-0.15, -0.1) is 0 Å². The average molecular weight is 874 g/mol. The Labute approximate surface area is 384 Å². The number of hydrogen-bond donors (Lipinski definition) is 2. The number of fused-ring (bicyclic) bond motifs is 7. The number of rotatable bonds is 4. The number of carbonyl (C=O) groups excluding carboxylic acids is 2. The van der Waals surface area contributed by atoms with Crippen molar-refractivity contribution in [3.8, 4) is 0 Å². The predicted molar refractivity (Wildman–Crippen MR) is 248 cm³/mol. The van der Waals surface area contributed by atoms with Crippen LogP contribution in [0.4, 0.5) is 0 Å². The highest BCUT2D eigenvalue weighted by Gasteiger charge is 2.93. The van der Waals surface area contributed by atoms with E-state index in [0.717, 1.165) is 88.5 Å². The lowest BCUT2D eigenvalue weighted by molar-refractivity contribution is -0.279. The van der Waals surface area contributed by atoms with E-state index in [1.807, 2.05) is 0 Å². The van der Waals surface area contributed by atoms with Gasteiger partial charge in [-0.05, 0) is 148 Å². The molecule has 3 N–H and O–H groups in total. The zero-order valence-corrected chi connectivity index (χ0v) is 38.4. The second-order valence-corrected chi connectivity index (χ2v) is 23.3. The van der Waals surface area contributed by atoms with Crippen LogP contribution in [0.3, 0.4) is 0 Å². The van der Waals surface area contributed by atoms with E-state index >= 15 is 4.79 Å². The van der Waals surface area contributed by atoms with Crippen molar-refractivity contribution in [1.29, 1.82) is 0 Å². The number of aryl methyl sites for hydroxylation is 2. The number of piperidine rings is 2. The summed E-state index contributed by atoms with van der Waals surface area (Å²) in [5.74, 6) is 2.94. The van der Waals surface area contributed by atoms with Crippen LogP contribution in [0.2, 0.25) is 0 Å². The Morgan fingerprint density at radius 1 is 0.892 bits per heavy atom. The lowest BCUT2D eigenvalue weighted by atomic mass is 9.28. The number of esters is 2. The summed E-state index contributed by atoms with van der Waals surface area (Å²) in [6.07, 6.45) is 21.1. The Kier molecular flexibility index (Phi) is 8.73. The molecule has 1 unspecified atom stereocenters. The summed E-state index contributed by atoms with van der Waals surface area (Å²) in [5, 5.41) is 13.3. The van der Waals surface area contributed by atoms with Gasteiger partial charge in [0.25, 0.3) is 0 Å². The molecular formula is C57H67N3O5.